The molecule has 0 radical (unpaired) electrons. The first-order valence-electron chi connectivity index (χ1n) is 7.43. The normalized spacial score (nSPS) is 28.0. The van der Waals surface area contributed by atoms with Gasteiger partial charge in [0, 0.05) is 7.11 Å². The number of fused-ring (bicyclic) bond motifs is 1. The van der Waals surface area contributed by atoms with Crippen molar-refractivity contribution in [3.8, 4) is 0 Å². The minimum atomic E-state index is -0.883. The summed E-state index contributed by atoms with van der Waals surface area (Å²) in [7, 11) is 1.58. The fourth-order valence-corrected chi connectivity index (χ4v) is 2.79. The highest BCUT2D eigenvalue weighted by molar-refractivity contribution is 5.81. The zero-order chi connectivity index (χ0) is 16.6. The summed E-state index contributed by atoms with van der Waals surface area (Å²) in [6.45, 7) is 4.13. The Labute approximate surface area is 133 Å². The van der Waals surface area contributed by atoms with Crippen molar-refractivity contribution in [3.05, 3.63) is 12.7 Å². The molecule has 2 aromatic heterocycles. The number of nitrogens with two attached hydrogens (primary N) is 1. The molecule has 0 unspecified atom stereocenters. The molecule has 23 heavy (non-hydrogen) atoms. The van der Waals surface area contributed by atoms with Gasteiger partial charge in [-0.2, -0.15) is 0 Å². The van der Waals surface area contributed by atoms with Gasteiger partial charge in [0.25, 0.3) is 0 Å². The number of rotatable bonds is 5. The summed E-state index contributed by atoms with van der Waals surface area (Å²) >= 11 is 0. The van der Waals surface area contributed by atoms with Crippen molar-refractivity contribution >= 4 is 17.0 Å². The molecular weight excluding hydrogens is 302 g/mol. The number of methoxy groups -OCH3 is 1. The van der Waals surface area contributed by atoms with Crippen LogP contribution in [0.5, 0.6) is 0 Å². The Bertz CT molecular complexity index is 676. The van der Waals surface area contributed by atoms with E-state index in [1.165, 1.54) is 12.7 Å². The van der Waals surface area contributed by atoms with Gasteiger partial charge in [0.1, 0.15) is 30.2 Å². The van der Waals surface area contributed by atoms with E-state index in [9.17, 15) is 5.11 Å². The summed E-state index contributed by atoms with van der Waals surface area (Å²) < 4.78 is 18.6. The minimum absolute atomic E-state index is 0.0474. The Balaban J connectivity index is 1.94. The lowest BCUT2D eigenvalue weighted by Gasteiger charge is -2.22. The SMILES string of the molecule is COC[C@H]1O[C@@H](n2cnc3c(N)ncnc32)[C@H](O)[C@@H]1OC(C)C. The van der Waals surface area contributed by atoms with Crippen LogP contribution in [0.4, 0.5) is 5.82 Å². The number of nitrogens with zero attached hydrogens (tertiary/aromatic N) is 4. The Kier molecular flexibility index (Phi) is 4.44. The van der Waals surface area contributed by atoms with Crippen LogP contribution in [0.15, 0.2) is 12.7 Å². The molecule has 1 aliphatic rings. The van der Waals surface area contributed by atoms with Crippen LogP contribution in [-0.2, 0) is 14.2 Å². The van der Waals surface area contributed by atoms with Crippen molar-refractivity contribution in [2.24, 2.45) is 0 Å². The van der Waals surface area contributed by atoms with Crippen LogP contribution in [0.3, 0.4) is 0 Å². The largest absolute Gasteiger partial charge is 0.386 e. The summed E-state index contributed by atoms with van der Waals surface area (Å²) in [5, 5.41) is 10.7. The monoisotopic (exact) mass is 323 g/mol. The van der Waals surface area contributed by atoms with Gasteiger partial charge in [-0.05, 0) is 13.8 Å². The first kappa shape index (κ1) is 16.1. The molecule has 0 aromatic carbocycles. The molecule has 0 amide bonds. The van der Waals surface area contributed by atoms with Crippen molar-refractivity contribution in [1.82, 2.24) is 19.5 Å². The highest BCUT2D eigenvalue weighted by Gasteiger charge is 2.46. The maximum absolute atomic E-state index is 10.7. The van der Waals surface area contributed by atoms with E-state index in [0.29, 0.717) is 17.8 Å². The first-order valence-corrected chi connectivity index (χ1v) is 7.43. The lowest BCUT2D eigenvalue weighted by atomic mass is 10.1. The van der Waals surface area contributed by atoms with Crippen LogP contribution < -0.4 is 5.73 Å². The van der Waals surface area contributed by atoms with Gasteiger partial charge < -0.3 is 25.1 Å². The molecule has 0 saturated carbocycles. The number of aromatic nitrogens is 4. The zero-order valence-electron chi connectivity index (χ0n) is 13.3. The van der Waals surface area contributed by atoms with Gasteiger partial charge in [-0.15, -0.1) is 0 Å². The van der Waals surface area contributed by atoms with Gasteiger partial charge in [-0.1, -0.05) is 0 Å². The molecule has 3 heterocycles. The van der Waals surface area contributed by atoms with Gasteiger partial charge in [-0.25, -0.2) is 15.0 Å². The molecule has 9 heteroatoms. The van der Waals surface area contributed by atoms with Crippen LogP contribution in [-0.4, -0.2) is 62.8 Å². The van der Waals surface area contributed by atoms with Crippen LogP contribution >= 0.6 is 0 Å². The molecule has 0 aliphatic carbocycles. The lowest BCUT2D eigenvalue weighted by molar-refractivity contribution is -0.0840. The summed E-state index contributed by atoms with van der Waals surface area (Å²) in [5.74, 6) is 0.282. The molecule has 126 valence electrons. The molecule has 1 saturated heterocycles. The Morgan fingerprint density at radius 1 is 1.39 bits per heavy atom. The van der Waals surface area contributed by atoms with E-state index in [1.54, 1.807) is 11.7 Å². The molecular formula is C14H21N5O4. The number of hydrogen-bond donors (Lipinski definition) is 2. The topological polar surface area (TPSA) is 118 Å². The van der Waals surface area contributed by atoms with Crippen molar-refractivity contribution in [2.75, 3.05) is 19.5 Å². The van der Waals surface area contributed by atoms with Crippen molar-refractivity contribution in [2.45, 2.75) is 44.5 Å². The number of hydrogen-bond acceptors (Lipinski definition) is 8. The van der Waals surface area contributed by atoms with Crippen LogP contribution in [0, 0.1) is 0 Å². The quantitative estimate of drug-likeness (QED) is 0.796. The molecule has 3 rings (SSSR count). The minimum Gasteiger partial charge on any atom is -0.386 e. The van der Waals surface area contributed by atoms with Gasteiger partial charge in [0.2, 0.25) is 0 Å². The Morgan fingerprint density at radius 2 is 2.17 bits per heavy atom. The third-order valence-corrected chi connectivity index (χ3v) is 3.73. The van der Waals surface area contributed by atoms with Crippen molar-refractivity contribution < 1.29 is 19.3 Å². The zero-order valence-corrected chi connectivity index (χ0v) is 13.3. The Morgan fingerprint density at radius 3 is 2.87 bits per heavy atom. The molecule has 2 aromatic rings. The maximum atomic E-state index is 10.7. The number of imidazole rings is 1. The molecule has 3 N–H and O–H groups in total. The number of ether oxygens (including phenoxy) is 3. The van der Waals surface area contributed by atoms with E-state index in [-0.39, 0.29) is 18.0 Å². The fourth-order valence-electron chi connectivity index (χ4n) is 2.79. The third-order valence-electron chi connectivity index (χ3n) is 3.73. The average Bonchev–Trinajstić information content (AvgIpc) is 3.04. The smallest absolute Gasteiger partial charge is 0.167 e. The van der Waals surface area contributed by atoms with E-state index in [0.717, 1.165) is 0 Å². The first-order chi connectivity index (χ1) is 11.0. The van der Waals surface area contributed by atoms with E-state index < -0.39 is 18.4 Å². The van der Waals surface area contributed by atoms with Crippen molar-refractivity contribution in [1.29, 1.82) is 0 Å². The van der Waals surface area contributed by atoms with Gasteiger partial charge in [0.15, 0.2) is 17.7 Å². The molecule has 4 atom stereocenters. The van der Waals surface area contributed by atoms with Crippen LogP contribution in [0.2, 0.25) is 0 Å². The second kappa shape index (κ2) is 6.36. The van der Waals surface area contributed by atoms with Crippen molar-refractivity contribution in [3.63, 3.8) is 0 Å². The molecule has 0 spiro atoms. The predicted molar refractivity (Wildman–Crippen MR) is 81.5 cm³/mol. The highest BCUT2D eigenvalue weighted by atomic mass is 16.6. The predicted octanol–water partition coefficient (Wildman–Crippen LogP) is 0.107. The van der Waals surface area contributed by atoms with Crippen LogP contribution in [0.1, 0.15) is 20.1 Å². The summed E-state index contributed by atoms with van der Waals surface area (Å²) in [6, 6.07) is 0. The second-order valence-electron chi connectivity index (χ2n) is 5.74. The number of anilines is 1. The van der Waals surface area contributed by atoms with Gasteiger partial charge in [0.05, 0.1) is 19.0 Å². The summed E-state index contributed by atoms with van der Waals surface area (Å²) in [5.41, 5.74) is 6.77. The number of aliphatic hydroxyl groups is 1. The molecule has 9 nitrogen and oxygen atoms in total. The van der Waals surface area contributed by atoms with E-state index in [4.69, 9.17) is 19.9 Å². The van der Waals surface area contributed by atoms with E-state index >= 15 is 0 Å². The third kappa shape index (κ3) is 2.88. The maximum Gasteiger partial charge on any atom is 0.167 e. The van der Waals surface area contributed by atoms with Gasteiger partial charge >= 0.3 is 0 Å². The fraction of sp³-hybridized carbons (Fsp3) is 0.643. The highest BCUT2D eigenvalue weighted by Crippen LogP contribution is 2.34. The van der Waals surface area contributed by atoms with E-state index in [1.807, 2.05) is 13.8 Å². The summed E-state index contributed by atoms with van der Waals surface area (Å²) in [6.07, 6.45) is 0.380. The lowest BCUT2D eigenvalue weighted by Crippen LogP contribution is -2.38. The van der Waals surface area contributed by atoms with E-state index in [2.05, 4.69) is 15.0 Å². The van der Waals surface area contributed by atoms with Crippen LogP contribution in [0.25, 0.3) is 11.2 Å². The average molecular weight is 323 g/mol. The molecule has 1 fully saturated rings. The summed E-state index contributed by atoms with van der Waals surface area (Å²) in [4.78, 5) is 12.3. The molecule has 1 aliphatic heterocycles. The number of aliphatic hydroxyl groups excluding tert-OH is 1. The van der Waals surface area contributed by atoms with Gasteiger partial charge in [-0.3, -0.25) is 4.57 Å². The second-order valence-corrected chi connectivity index (χ2v) is 5.74. The number of nitrogen functional groups attached to an aromatic ring is 1. The standard InChI is InChI=1S/C14H21N5O4/c1-7(2)22-11-8(4-21-3)23-14(10(11)20)19-6-18-9-12(15)16-5-17-13(9)19/h5-8,10-11,14,20H,4H2,1-3H3,(H2,15,16,17)/t8-,10-,11-,14-/m1/s1. The Hall–Kier alpha value is -1.81. The molecule has 0 bridgehead atoms.